The average Bonchev–Trinajstić information content (AvgIpc) is 3.26. The molecule has 3 heterocycles. The topological polar surface area (TPSA) is 57.7 Å². The maximum atomic E-state index is 13.3. The molecule has 1 saturated heterocycles. The summed E-state index contributed by atoms with van der Waals surface area (Å²) in [5, 5.41) is 0. The second-order valence-electron chi connectivity index (χ2n) is 8.31. The molecule has 5 heteroatoms. The summed E-state index contributed by atoms with van der Waals surface area (Å²) >= 11 is 0. The van der Waals surface area contributed by atoms with Crippen LogP contribution in [0.1, 0.15) is 56.1 Å². The lowest BCUT2D eigenvalue weighted by Crippen LogP contribution is -2.52. The van der Waals surface area contributed by atoms with Crippen molar-refractivity contribution in [3.63, 3.8) is 0 Å². The van der Waals surface area contributed by atoms with Crippen LogP contribution in [0, 0.1) is 0 Å². The Balaban J connectivity index is 1.70. The number of hydrogen-bond donors (Lipinski definition) is 0. The van der Waals surface area contributed by atoms with E-state index in [4.69, 9.17) is 0 Å². The molecule has 0 N–H and O–H groups in total. The van der Waals surface area contributed by atoms with Gasteiger partial charge in [0, 0.05) is 18.7 Å². The largest absolute Gasteiger partial charge is 0.338 e. The molecule has 0 aromatic heterocycles. The van der Waals surface area contributed by atoms with Gasteiger partial charge < -0.3 is 4.90 Å². The Morgan fingerprint density at radius 1 is 0.926 bits per heavy atom. The summed E-state index contributed by atoms with van der Waals surface area (Å²) in [6, 6.07) is 7.96. The standard InChI is InChI=1S/C22H24N2O3/c25-19-17(20(26)23-12-6-1-7-13-23)18-16-9-3-2-8-15(16)14-22(10-4-5-11-22)24(18)21(19)27/h2-3,8-9H,1,4-7,10-14H2. The first-order valence-corrected chi connectivity index (χ1v) is 10.1. The Hall–Kier alpha value is -2.43. The molecule has 2 amide bonds. The van der Waals surface area contributed by atoms with Crippen LogP contribution < -0.4 is 0 Å². The highest BCUT2D eigenvalue weighted by molar-refractivity contribution is 6.55. The van der Waals surface area contributed by atoms with Crippen molar-refractivity contribution in [3.8, 4) is 0 Å². The number of hydrogen-bond acceptors (Lipinski definition) is 3. The first kappa shape index (κ1) is 16.7. The number of nitrogens with zero attached hydrogens (tertiary/aromatic N) is 2. The SMILES string of the molecule is O=C1C(=O)N2C(=C1C(=O)N1CCCCC1)c1ccccc1CC21CCCC1. The molecule has 0 unspecified atom stereocenters. The fraction of sp³-hybridized carbons (Fsp3) is 0.500. The zero-order valence-electron chi connectivity index (χ0n) is 15.5. The normalized spacial score (nSPS) is 23.9. The summed E-state index contributed by atoms with van der Waals surface area (Å²) < 4.78 is 0. The summed E-state index contributed by atoms with van der Waals surface area (Å²) in [5.74, 6) is -1.36. The second kappa shape index (κ2) is 6.04. The van der Waals surface area contributed by atoms with Gasteiger partial charge in [0.2, 0.25) is 0 Å². The molecule has 1 saturated carbocycles. The van der Waals surface area contributed by atoms with Crippen LogP contribution in [-0.4, -0.2) is 46.0 Å². The molecule has 0 bridgehead atoms. The fourth-order valence-electron chi connectivity index (χ4n) is 5.46. The Labute approximate surface area is 159 Å². The van der Waals surface area contributed by atoms with Crippen LogP contribution in [0.15, 0.2) is 29.8 Å². The van der Waals surface area contributed by atoms with E-state index in [1.165, 1.54) is 0 Å². The number of fused-ring (bicyclic) bond motifs is 4. The van der Waals surface area contributed by atoms with Crippen molar-refractivity contribution in [2.45, 2.75) is 56.9 Å². The van der Waals surface area contributed by atoms with Gasteiger partial charge in [0.05, 0.1) is 11.2 Å². The number of likely N-dealkylation sites (tertiary alicyclic amines) is 1. The molecule has 2 fully saturated rings. The van der Waals surface area contributed by atoms with E-state index in [2.05, 4.69) is 6.07 Å². The van der Waals surface area contributed by atoms with Crippen LogP contribution in [0.5, 0.6) is 0 Å². The van der Waals surface area contributed by atoms with Gasteiger partial charge in [-0.3, -0.25) is 19.3 Å². The number of amides is 2. The lowest BCUT2D eigenvalue weighted by Gasteiger charge is -2.44. The minimum atomic E-state index is -0.608. The Kier molecular flexibility index (Phi) is 3.74. The quantitative estimate of drug-likeness (QED) is 0.569. The van der Waals surface area contributed by atoms with Crippen molar-refractivity contribution >= 4 is 23.3 Å². The van der Waals surface area contributed by atoms with Crippen LogP contribution in [0.4, 0.5) is 0 Å². The molecular weight excluding hydrogens is 340 g/mol. The van der Waals surface area contributed by atoms with Gasteiger partial charge in [0.25, 0.3) is 17.6 Å². The van der Waals surface area contributed by atoms with Crippen molar-refractivity contribution in [1.82, 2.24) is 9.80 Å². The molecule has 4 aliphatic rings. The molecule has 3 aliphatic heterocycles. The number of Topliss-reactive ketones (excluding diaryl/α,β-unsaturated/α-hetero) is 1. The fourth-order valence-corrected chi connectivity index (χ4v) is 5.46. The minimum Gasteiger partial charge on any atom is -0.338 e. The maximum Gasteiger partial charge on any atom is 0.300 e. The van der Waals surface area contributed by atoms with E-state index in [0.717, 1.165) is 62.5 Å². The van der Waals surface area contributed by atoms with E-state index in [0.29, 0.717) is 18.8 Å². The summed E-state index contributed by atoms with van der Waals surface area (Å²) in [4.78, 5) is 42.9. The van der Waals surface area contributed by atoms with Gasteiger partial charge in [-0.05, 0) is 44.1 Å². The lowest BCUT2D eigenvalue weighted by atomic mass is 9.80. The van der Waals surface area contributed by atoms with Crippen LogP contribution in [-0.2, 0) is 20.8 Å². The monoisotopic (exact) mass is 364 g/mol. The van der Waals surface area contributed by atoms with Crippen LogP contribution in [0.3, 0.4) is 0 Å². The van der Waals surface area contributed by atoms with Gasteiger partial charge in [-0.1, -0.05) is 37.1 Å². The minimum absolute atomic E-state index is 0.111. The predicted octanol–water partition coefficient (Wildman–Crippen LogP) is 2.69. The van der Waals surface area contributed by atoms with Gasteiger partial charge in [-0.15, -0.1) is 0 Å². The number of carbonyl (C=O) groups excluding carboxylic acids is 3. The molecule has 140 valence electrons. The van der Waals surface area contributed by atoms with Crippen molar-refractivity contribution < 1.29 is 14.4 Å². The van der Waals surface area contributed by atoms with E-state index in [-0.39, 0.29) is 17.0 Å². The first-order chi connectivity index (χ1) is 13.1. The highest BCUT2D eigenvalue weighted by Crippen LogP contribution is 2.50. The number of rotatable bonds is 1. The zero-order chi connectivity index (χ0) is 18.6. The third-order valence-electron chi connectivity index (χ3n) is 6.74. The van der Waals surface area contributed by atoms with Gasteiger partial charge in [0.1, 0.15) is 5.57 Å². The van der Waals surface area contributed by atoms with Gasteiger partial charge in [-0.25, -0.2) is 0 Å². The molecule has 0 atom stereocenters. The Bertz CT molecular complexity index is 873. The molecule has 1 aromatic carbocycles. The maximum absolute atomic E-state index is 13.3. The second-order valence-corrected chi connectivity index (χ2v) is 8.31. The highest BCUT2D eigenvalue weighted by atomic mass is 16.2. The van der Waals surface area contributed by atoms with Gasteiger partial charge in [-0.2, -0.15) is 0 Å². The number of ketones is 1. The predicted molar refractivity (Wildman–Crippen MR) is 101 cm³/mol. The molecule has 27 heavy (non-hydrogen) atoms. The van der Waals surface area contributed by atoms with Gasteiger partial charge >= 0.3 is 0 Å². The van der Waals surface area contributed by atoms with E-state index in [9.17, 15) is 14.4 Å². The van der Waals surface area contributed by atoms with Crippen molar-refractivity contribution in [1.29, 1.82) is 0 Å². The number of piperidine rings is 1. The van der Waals surface area contributed by atoms with E-state index in [1.54, 1.807) is 9.80 Å². The first-order valence-electron chi connectivity index (χ1n) is 10.1. The smallest absolute Gasteiger partial charge is 0.300 e. The lowest BCUT2D eigenvalue weighted by molar-refractivity contribution is -0.143. The Morgan fingerprint density at radius 2 is 1.63 bits per heavy atom. The third-order valence-corrected chi connectivity index (χ3v) is 6.74. The molecule has 1 aliphatic carbocycles. The van der Waals surface area contributed by atoms with Crippen LogP contribution in [0.2, 0.25) is 0 Å². The summed E-state index contributed by atoms with van der Waals surface area (Å²) in [7, 11) is 0. The Morgan fingerprint density at radius 3 is 2.37 bits per heavy atom. The molecule has 0 radical (unpaired) electrons. The van der Waals surface area contributed by atoms with Crippen molar-refractivity contribution in [2.24, 2.45) is 0 Å². The molecule has 1 spiro atoms. The number of benzene rings is 1. The highest BCUT2D eigenvalue weighted by Gasteiger charge is 2.55. The molecule has 1 aromatic rings. The van der Waals surface area contributed by atoms with E-state index in [1.807, 2.05) is 18.2 Å². The third kappa shape index (κ3) is 2.33. The summed E-state index contributed by atoms with van der Waals surface area (Å²) in [6.45, 7) is 1.34. The molecular formula is C22H24N2O3. The van der Waals surface area contributed by atoms with Crippen LogP contribution >= 0.6 is 0 Å². The average molecular weight is 364 g/mol. The molecule has 5 rings (SSSR count). The van der Waals surface area contributed by atoms with E-state index >= 15 is 0 Å². The van der Waals surface area contributed by atoms with Crippen LogP contribution in [0.25, 0.3) is 5.70 Å². The summed E-state index contributed by atoms with van der Waals surface area (Å²) in [6.07, 6.45) is 7.72. The van der Waals surface area contributed by atoms with Crippen molar-refractivity contribution in [3.05, 3.63) is 41.0 Å². The van der Waals surface area contributed by atoms with Crippen molar-refractivity contribution in [2.75, 3.05) is 13.1 Å². The van der Waals surface area contributed by atoms with E-state index < -0.39 is 11.7 Å². The number of carbonyl (C=O) groups is 3. The summed E-state index contributed by atoms with van der Waals surface area (Å²) in [5.41, 5.74) is 2.40. The molecule has 5 nitrogen and oxygen atoms in total. The van der Waals surface area contributed by atoms with Gasteiger partial charge in [0.15, 0.2) is 0 Å². The zero-order valence-corrected chi connectivity index (χ0v) is 15.5.